The van der Waals surface area contributed by atoms with Crippen molar-refractivity contribution >= 4 is 0 Å². The van der Waals surface area contributed by atoms with Crippen LogP contribution in [0.4, 0.5) is 8.78 Å². The van der Waals surface area contributed by atoms with Crippen molar-refractivity contribution in [2.24, 2.45) is 0 Å². The molecule has 0 fully saturated rings. The Morgan fingerprint density at radius 2 is 2.08 bits per heavy atom. The molecule has 1 aromatic rings. The molecule has 0 amide bonds. The molecule has 0 aliphatic carbocycles. The van der Waals surface area contributed by atoms with Crippen LogP contribution in [-0.2, 0) is 6.42 Å². The second kappa shape index (κ2) is 4.56. The number of hydrogen-bond acceptors (Lipinski definition) is 1. The second-order valence-corrected chi connectivity index (χ2v) is 2.75. The van der Waals surface area contributed by atoms with Crippen molar-refractivity contribution in [3.63, 3.8) is 0 Å². The molecule has 0 saturated heterocycles. The molecule has 0 radical (unpaired) electrons. The Labute approximate surface area is 75.6 Å². The summed E-state index contributed by atoms with van der Waals surface area (Å²) >= 11 is 0. The standard InChI is InChI=1S/C10H9F2N/c11-9-4-5-10(12)8(7-9)3-1-2-6-13/h4-5,7H,1-3H2. The zero-order valence-corrected chi connectivity index (χ0v) is 7.06. The van der Waals surface area contributed by atoms with Gasteiger partial charge < -0.3 is 0 Å². The third-order valence-corrected chi connectivity index (χ3v) is 1.74. The fourth-order valence-corrected chi connectivity index (χ4v) is 1.09. The predicted octanol–water partition coefficient (Wildman–Crippen LogP) is 2.81. The first-order valence-corrected chi connectivity index (χ1v) is 4.05. The molecule has 0 aliphatic rings. The fraction of sp³-hybridized carbons (Fsp3) is 0.300. The van der Waals surface area contributed by atoms with Gasteiger partial charge in [-0.2, -0.15) is 5.26 Å². The lowest BCUT2D eigenvalue weighted by atomic mass is 10.1. The molecule has 1 nitrogen and oxygen atoms in total. The number of hydrogen-bond donors (Lipinski definition) is 0. The maximum atomic E-state index is 12.9. The van der Waals surface area contributed by atoms with Crippen molar-refractivity contribution in [3.8, 4) is 6.07 Å². The first-order chi connectivity index (χ1) is 6.24. The van der Waals surface area contributed by atoms with Gasteiger partial charge in [-0.05, 0) is 36.6 Å². The van der Waals surface area contributed by atoms with Gasteiger partial charge in [0.2, 0.25) is 0 Å². The van der Waals surface area contributed by atoms with Crippen molar-refractivity contribution in [2.75, 3.05) is 0 Å². The zero-order valence-electron chi connectivity index (χ0n) is 7.06. The van der Waals surface area contributed by atoms with Gasteiger partial charge >= 0.3 is 0 Å². The van der Waals surface area contributed by atoms with Gasteiger partial charge in [0.05, 0.1) is 6.07 Å². The van der Waals surface area contributed by atoms with E-state index in [2.05, 4.69) is 0 Å². The van der Waals surface area contributed by atoms with Crippen molar-refractivity contribution in [3.05, 3.63) is 35.4 Å². The van der Waals surface area contributed by atoms with Crippen LogP contribution in [0.3, 0.4) is 0 Å². The van der Waals surface area contributed by atoms with Crippen molar-refractivity contribution in [2.45, 2.75) is 19.3 Å². The lowest BCUT2D eigenvalue weighted by molar-refractivity contribution is 0.581. The summed E-state index contributed by atoms with van der Waals surface area (Å²) in [6, 6.07) is 5.32. The summed E-state index contributed by atoms with van der Waals surface area (Å²) in [4.78, 5) is 0. The van der Waals surface area contributed by atoms with Crippen LogP contribution >= 0.6 is 0 Å². The molecule has 0 spiro atoms. The van der Waals surface area contributed by atoms with Gasteiger partial charge in [-0.1, -0.05) is 0 Å². The van der Waals surface area contributed by atoms with E-state index in [4.69, 9.17) is 5.26 Å². The van der Waals surface area contributed by atoms with E-state index in [1.54, 1.807) is 0 Å². The molecule has 0 aliphatic heterocycles. The average molecular weight is 181 g/mol. The Bertz CT molecular complexity index is 328. The summed E-state index contributed by atoms with van der Waals surface area (Å²) in [5.74, 6) is -0.840. The Balaban J connectivity index is 2.65. The molecule has 13 heavy (non-hydrogen) atoms. The highest BCUT2D eigenvalue weighted by atomic mass is 19.1. The van der Waals surface area contributed by atoms with E-state index < -0.39 is 11.6 Å². The maximum Gasteiger partial charge on any atom is 0.126 e. The lowest BCUT2D eigenvalue weighted by Crippen LogP contribution is -1.91. The van der Waals surface area contributed by atoms with Crippen LogP contribution in [0.5, 0.6) is 0 Å². The number of aryl methyl sites for hydroxylation is 1. The molecule has 68 valence electrons. The first kappa shape index (κ1) is 9.66. The molecule has 1 rings (SSSR count). The van der Waals surface area contributed by atoms with Crippen molar-refractivity contribution < 1.29 is 8.78 Å². The van der Waals surface area contributed by atoms with E-state index in [1.165, 1.54) is 6.07 Å². The highest BCUT2D eigenvalue weighted by molar-refractivity contribution is 5.18. The number of unbranched alkanes of at least 4 members (excludes halogenated alkanes) is 1. The van der Waals surface area contributed by atoms with Crippen molar-refractivity contribution in [1.82, 2.24) is 0 Å². The Kier molecular flexibility index (Phi) is 3.39. The average Bonchev–Trinajstić information content (AvgIpc) is 2.11. The molecule has 0 N–H and O–H groups in total. The van der Waals surface area contributed by atoms with Crippen LogP contribution < -0.4 is 0 Å². The SMILES string of the molecule is N#CCCCc1cc(F)ccc1F. The van der Waals surface area contributed by atoms with E-state index in [0.717, 1.165) is 12.1 Å². The van der Waals surface area contributed by atoms with Gasteiger partial charge in [0.1, 0.15) is 11.6 Å². The number of halogens is 2. The Morgan fingerprint density at radius 3 is 2.77 bits per heavy atom. The van der Waals surface area contributed by atoms with Gasteiger partial charge in [0, 0.05) is 6.42 Å². The Morgan fingerprint density at radius 1 is 1.31 bits per heavy atom. The van der Waals surface area contributed by atoms with E-state index in [-0.39, 0.29) is 0 Å². The van der Waals surface area contributed by atoms with Gasteiger partial charge in [-0.15, -0.1) is 0 Å². The molecule has 0 aromatic heterocycles. The number of nitrogens with zero attached hydrogens (tertiary/aromatic N) is 1. The minimum Gasteiger partial charge on any atom is -0.207 e. The minimum atomic E-state index is -0.437. The molecule has 0 saturated carbocycles. The Hall–Kier alpha value is -1.43. The smallest absolute Gasteiger partial charge is 0.126 e. The van der Waals surface area contributed by atoms with E-state index in [9.17, 15) is 8.78 Å². The molecule has 0 heterocycles. The van der Waals surface area contributed by atoms with Gasteiger partial charge in [-0.3, -0.25) is 0 Å². The molecule has 0 unspecified atom stereocenters. The largest absolute Gasteiger partial charge is 0.207 e. The van der Waals surface area contributed by atoms with Gasteiger partial charge in [0.25, 0.3) is 0 Å². The van der Waals surface area contributed by atoms with Crippen LogP contribution in [0.1, 0.15) is 18.4 Å². The summed E-state index contributed by atoms with van der Waals surface area (Å²) in [5, 5.41) is 8.25. The normalized spacial score (nSPS) is 9.62. The highest BCUT2D eigenvalue weighted by Gasteiger charge is 2.02. The molecule has 0 atom stereocenters. The molecular weight excluding hydrogens is 172 g/mol. The van der Waals surface area contributed by atoms with Gasteiger partial charge in [-0.25, -0.2) is 8.78 Å². The van der Waals surface area contributed by atoms with Gasteiger partial charge in [0.15, 0.2) is 0 Å². The van der Waals surface area contributed by atoms with Crippen LogP contribution in [0, 0.1) is 23.0 Å². The van der Waals surface area contributed by atoms with Crippen molar-refractivity contribution in [1.29, 1.82) is 5.26 Å². The maximum absolute atomic E-state index is 12.9. The number of rotatable bonds is 3. The summed E-state index contributed by atoms with van der Waals surface area (Å²) in [6.45, 7) is 0. The first-order valence-electron chi connectivity index (χ1n) is 4.05. The van der Waals surface area contributed by atoms with Crippen LogP contribution in [0.2, 0.25) is 0 Å². The molecule has 3 heteroatoms. The molecule has 1 aromatic carbocycles. The number of benzene rings is 1. The summed E-state index contributed by atoms with van der Waals surface area (Å²) < 4.78 is 25.6. The van der Waals surface area contributed by atoms with Crippen LogP contribution in [0.15, 0.2) is 18.2 Å². The van der Waals surface area contributed by atoms with Crippen LogP contribution in [-0.4, -0.2) is 0 Å². The van der Waals surface area contributed by atoms with E-state index >= 15 is 0 Å². The molecular formula is C10H9F2N. The third kappa shape index (κ3) is 2.83. The van der Waals surface area contributed by atoms with E-state index in [0.29, 0.717) is 24.8 Å². The quantitative estimate of drug-likeness (QED) is 0.658. The highest BCUT2D eigenvalue weighted by Crippen LogP contribution is 2.12. The zero-order chi connectivity index (χ0) is 9.68. The monoisotopic (exact) mass is 181 g/mol. The third-order valence-electron chi connectivity index (χ3n) is 1.74. The molecule has 0 bridgehead atoms. The topological polar surface area (TPSA) is 23.8 Å². The number of nitriles is 1. The fourth-order valence-electron chi connectivity index (χ4n) is 1.09. The van der Waals surface area contributed by atoms with Crippen LogP contribution in [0.25, 0.3) is 0 Å². The lowest BCUT2D eigenvalue weighted by Gasteiger charge is -2.00. The minimum absolute atomic E-state index is 0.343. The summed E-state index contributed by atoms with van der Waals surface area (Å²) in [6.07, 6.45) is 1.35. The van der Waals surface area contributed by atoms with E-state index in [1.807, 2.05) is 6.07 Å². The second-order valence-electron chi connectivity index (χ2n) is 2.75. The summed E-state index contributed by atoms with van der Waals surface area (Å²) in [7, 11) is 0. The summed E-state index contributed by atoms with van der Waals surface area (Å²) in [5.41, 5.74) is 0.343. The predicted molar refractivity (Wildman–Crippen MR) is 44.9 cm³/mol.